The van der Waals surface area contributed by atoms with Gasteiger partial charge in [0.2, 0.25) is 5.91 Å². The van der Waals surface area contributed by atoms with E-state index in [1.54, 1.807) is 26.1 Å². The smallest absolute Gasteiger partial charge is 0.333 e. The van der Waals surface area contributed by atoms with Gasteiger partial charge in [-0.25, -0.2) is 9.78 Å². The molecular formula is C33H39N3O4S. The topological polar surface area (TPSA) is 90.4 Å². The van der Waals surface area contributed by atoms with Crippen molar-refractivity contribution in [2.45, 2.75) is 71.9 Å². The Labute approximate surface area is 246 Å². The van der Waals surface area contributed by atoms with Crippen LogP contribution in [0.25, 0.3) is 6.08 Å². The predicted molar refractivity (Wildman–Crippen MR) is 162 cm³/mol. The van der Waals surface area contributed by atoms with Gasteiger partial charge in [-0.05, 0) is 87.6 Å². The lowest BCUT2D eigenvalue weighted by atomic mass is 9.88. The molecule has 0 bridgehead atoms. The van der Waals surface area contributed by atoms with Crippen LogP contribution in [0.4, 0.5) is 0 Å². The summed E-state index contributed by atoms with van der Waals surface area (Å²) in [4.78, 5) is 34.4. The monoisotopic (exact) mass is 573 g/mol. The maximum atomic E-state index is 13.2. The molecule has 0 radical (unpaired) electrons. The number of hydrogen-bond donors (Lipinski definition) is 1. The van der Waals surface area contributed by atoms with Crippen LogP contribution in [0.1, 0.15) is 80.9 Å². The quantitative estimate of drug-likeness (QED) is 0.142. The fourth-order valence-corrected chi connectivity index (χ4v) is 5.73. The zero-order valence-corrected chi connectivity index (χ0v) is 24.9. The number of allylic oxidation sites excluding steroid dienone is 2. The van der Waals surface area contributed by atoms with Gasteiger partial charge in [0.1, 0.15) is 17.4 Å². The molecule has 1 N–H and O–H groups in total. The van der Waals surface area contributed by atoms with Crippen molar-refractivity contribution in [1.82, 2.24) is 15.3 Å². The molecule has 0 spiro atoms. The zero-order valence-electron chi connectivity index (χ0n) is 24.1. The van der Waals surface area contributed by atoms with Gasteiger partial charge >= 0.3 is 5.97 Å². The maximum Gasteiger partial charge on any atom is 0.333 e. The van der Waals surface area contributed by atoms with Crippen LogP contribution in [0.5, 0.6) is 5.75 Å². The molecule has 8 heteroatoms. The highest BCUT2D eigenvalue weighted by Gasteiger charge is 2.25. The van der Waals surface area contributed by atoms with Gasteiger partial charge in [-0.2, -0.15) is 0 Å². The van der Waals surface area contributed by atoms with Gasteiger partial charge in [-0.1, -0.05) is 37.5 Å². The van der Waals surface area contributed by atoms with E-state index in [9.17, 15) is 9.59 Å². The van der Waals surface area contributed by atoms with Crippen LogP contribution in [-0.2, 0) is 27.4 Å². The van der Waals surface area contributed by atoms with Gasteiger partial charge < -0.3 is 14.8 Å². The van der Waals surface area contributed by atoms with Crippen molar-refractivity contribution in [3.63, 3.8) is 0 Å². The molecule has 0 saturated heterocycles. The molecule has 0 aliphatic heterocycles. The molecular weight excluding hydrogens is 534 g/mol. The highest BCUT2D eigenvalue weighted by molar-refractivity contribution is 7.09. The van der Waals surface area contributed by atoms with Gasteiger partial charge in [0.25, 0.3) is 0 Å². The third-order valence-electron chi connectivity index (χ3n) is 7.02. The van der Waals surface area contributed by atoms with Crippen LogP contribution >= 0.6 is 11.3 Å². The number of esters is 1. The lowest BCUT2D eigenvalue weighted by Crippen LogP contribution is -2.35. The van der Waals surface area contributed by atoms with Crippen LogP contribution in [0.2, 0.25) is 0 Å². The number of rotatable bonds is 12. The highest BCUT2D eigenvalue weighted by atomic mass is 32.1. The van der Waals surface area contributed by atoms with E-state index in [0.29, 0.717) is 25.2 Å². The summed E-state index contributed by atoms with van der Waals surface area (Å²) in [6, 6.07) is 13.5. The first-order valence-electron chi connectivity index (χ1n) is 14.3. The molecule has 2 aromatic heterocycles. The number of carbonyl (C=O) groups is 2. The first-order chi connectivity index (χ1) is 19.9. The second-order valence-electron chi connectivity index (χ2n) is 10.4. The minimum Gasteiger partial charge on any atom is -0.487 e. The van der Waals surface area contributed by atoms with Crippen molar-refractivity contribution < 1.29 is 19.1 Å². The van der Waals surface area contributed by atoms with Gasteiger partial charge in [-0.15, -0.1) is 11.3 Å². The number of benzene rings is 1. The molecule has 7 nitrogen and oxygen atoms in total. The Morgan fingerprint density at radius 3 is 2.59 bits per heavy atom. The number of ether oxygens (including phenoxy) is 2. The molecule has 216 valence electrons. The minimum absolute atomic E-state index is 0.0613. The van der Waals surface area contributed by atoms with Crippen molar-refractivity contribution in [2.75, 3.05) is 6.61 Å². The van der Waals surface area contributed by atoms with E-state index in [1.807, 2.05) is 60.8 Å². The number of amides is 1. The Bertz CT molecular complexity index is 1340. The summed E-state index contributed by atoms with van der Waals surface area (Å²) in [5.41, 5.74) is 4.20. The fourth-order valence-electron chi connectivity index (χ4n) is 4.90. The van der Waals surface area contributed by atoms with Crippen molar-refractivity contribution in [2.24, 2.45) is 5.92 Å². The summed E-state index contributed by atoms with van der Waals surface area (Å²) in [6.07, 6.45) is 11.4. The summed E-state index contributed by atoms with van der Waals surface area (Å²) in [5, 5.41) is 6.16. The first-order valence-corrected chi connectivity index (χ1v) is 15.2. The summed E-state index contributed by atoms with van der Waals surface area (Å²) < 4.78 is 11.0. The van der Waals surface area contributed by atoms with Gasteiger partial charge in [0, 0.05) is 23.1 Å². The second kappa shape index (κ2) is 15.3. The molecule has 3 aromatic rings. The Morgan fingerprint density at radius 2 is 1.88 bits per heavy atom. The largest absolute Gasteiger partial charge is 0.487 e. The summed E-state index contributed by atoms with van der Waals surface area (Å²) >= 11 is 1.54. The van der Waals surface area contributed by atoms with E-state index in [4.69, 9.17) is 14.5 Å². The Hall–Kier alpha value is -3.78. The van der Waals surface area contributed by atoms with E-state index in [0.717, 1.165) is 59.0 Å². The molecule has 1 aromatic carbocycles. The molecule has 1 aliphatic carbocycles. The van der Waals surface area contributed by atoms with Crippen LogP contribution in [0, 0.1) is 5.92 Å². The second-order valence-corrected chi connectivity index (χ2v) is 11.3. The van der Waals surface area contributed by atoms with E-state index in [-0.39, 0.29) is 23.8 Å². The molecule has 1 amide bonds. The van der Waals surface area contributed by atoms with E-state index in [1.165, 1.54) is 17.8 Å². The van der Waals surface area contributed by atoms with Crippen LogP contribution < -0.4 is 10.1 Å². The molecule has 1 atom stereocenters. The van der Waals surface area contributed by atoms with E-state index in [2.05, 4.69) is 10.3 Å². The van der Waals surface area contributed by atoms with E-state index >= 15 is 0 Å². The fraction of sp³-hybridized carbons (Fsp3) is 0.394. The van der Waals surface area contributed by atoms with Gasteiger partial charge in [-0.3, -0.25) is 9.78 Å². The molecule has 1 saturated carbocycles. The third-order valence-corrected chi connectivity index (χ3v) is 8.00. The number of pyridine rings is 1. The van der Waals surface area contributed by atoms with Gasteiger partial charge in [0.15, 0.2) is 0 Å². The molecule has 1 fully saturated rings. The average molecular weight is 574 g/mol. The van der Waals surface area contributed by atoms with Crippen LogP contribution in [0.3, 0.4) is 0 Å². The number of hydrogen-bond acceptors (Lipinski definition) is 7. The highest BCUT2D eigenvalue weighted by Crippen LogP contribution is 2.28. The number of carbonyl (C=O) groups excluding carboxylic acids is 2. The molecule has 2 heterocycles. The lowest BCUT2D eigenvalue weighted by molar-refractivity contribution is -0.138. The summed E-state index contributed by atoms with van der Waals surface area (Å²) in [6.45, 7) is 6.22. The average Bonchev–Trinajstić information content (AvgIpc) is 3.45. The lowest BCUT2D eigenvalue weighted by Gasteiger charge is -2.24. The summed E-state index contributed by atoms with van der Waals surface area (Å²) in [5.74, 6) is 0.621. The van der Waals surface area contributed by atoms with Crippen LogP contribution in [0.15, 0.2) is 71.3 Å². The molecule has 41 heavy (non-hydrogen) atoms. The normalized spacial score (nSPS) is 15.3. The van der Waals surface area contributed by atoms with Crippen molar-refractivity contribution in [3.05, 3.63) is 93.2 Å². The molecule has 4 rings (SSSR count). The molecule has 1 aliphatic rings. The Morgan fingerprint density at radius 1 is 1.10 bits per heavy atom. The Kier molecular flexibility index (Phi) is 11.3. The first kappa shape index (κ1) is 30.2. The van der Waals surface area contributed by atoms with Crippen molar-refractivity contribution >= 4 is 29.3 Å². The number of nitrogens with one attached hydrogen (secondary N) is 1. The zero-order chi connectivity index (χ0) is 29.0. The van der Waals surface area contributed by atoms with Crippen LogP contribution in [-0.4, -0.2) is 28.5 Å². The SMILES string of the molecule is CCOC(=O)/C(C)=C\C(C)=C\c1csc([C@H](Cc2ccc(OCc3ccccn3)cc2)NC(=O)C2CCCCC2)n1. The standard InChI is InChI=1S/C33H39N3O4S/c1-4-39-33(38)24(3)18-23(2)19-28-22-41-32(35-28)30(36-31(37)26-10-6-5-7-11-26)20-25-13-15-29(16-14-25)40-21-27-12-8-9-17-34-27/h8-9,12-19,22,26,30H,4-7,10-11,20-21H2,1-3H3,(H,36,37)/b23-19+,24-18-/t30-/m0/s1. The number of nitrogens with zero attached hydrogens (tertiary/aromatic N) is 2. The number of thiazole rings is 1. The van der Waals surface area contributed by atoms with Crippen molar-refractivity contribution in [3.8, 4) is 5.75 Å². The summed E-state index contributed by atoms with van der Waals surface area (Å²) in [7, 11) is 0. The third kappa shape index (κ3) is 9.39. The minimum atomic E-state index is -0.321. The predicted octanol–water partition coefficient (Wildman–Crippen LogP) is 7.01. The van der Waals surface area contributed by atoms with Crippen molar-refractivity contribution in [1.29, 1.82) is 0 Å². The van der Waals surface area contributed by atoms with E-state index < -0.39 is 0 Å². The Balaban J connectivity index is 1.47. The number of aromatic nitrogens is 2. The maximum absolute atomic E-state index is 13.2. The molecule has 0 unspecified atom stereocenters. The van der Waals surface area contributed by atoms with Gasteiger partial charge in [0.05, 0.1) is 24.0 Å².